The average molecular weight is 327 g/mol. The molecule has 116 valence electrons. The van der Waals surface area contributed by atoms with Gasteiger partial charge >= 0.3 is 0 Å². The molecular weight excluding hydrogens is 304 g/mol. The summed E-state index contributed by atoms with van der Waals surface area (Å²) in [6.07, 6.45) is 4.73. The van der Waals surface area contributed by atoms with Crippen LogP contribution in [-0.4, -0.2) is 29.8 Å². The van der Waals surface area contributed by atoms with Crippen LogP contribution in [0.15, 0.2) is 29.2 Å². The molecule has 3 nitrogen and oxygen atoms in total. The molecule has 2 aliphatic rings. The Bertz CT molecular complexity index is 485. The van der Waals surface area contributed by atoms with Crippen molar-refractivity contribution in [1.82, 2.24) is 10.6 Å². The van der Waals surface area contributed by atoms with Crippen LogP contribution in [0.3, 0.4) is 0 Å². The summed E-state index contributed by atoms with van der Waals surface area (Å²) in [5.41, 5.74) is 1.24. The summed E-state index contributed by atoms with van der Waals surface area (Å²) >= 11 is 1.63. The van der Waals surface area contributed by atoms with Crippen molar-refractivity contribution in [2.75, 3.05) is 5.75 Å². The van der Waals surface area contributed by atoms with Gasteiger partial charge in [-0.2, -0.15) is 0 Å². The van der Waals surface area contributed by atoms with E-state index in [9.17, 15) is 4.79 Å². The van der Waals surface area contributed by atoms with E-state index in [0.717, 1.165) is 12.8 Å². The molecule has 2 atom stereocenters. The largest absolute Gasteiger partial charge is 0.353 e. The van der Waals surface area contributed by atoms with E-state index < -0.39 is 0 Å². The van der Waals surface area contributed by atoms with Crippen LogP contribution < -0.4 is 10.6 Å². The summed E-state index contributed by atoms with van der Waals surface area (Å²) in [6, 6.07) is 9.86. The first-order valence-corrected chi connectivity index (χ1v) is 8.43. The molecular formula is C16H23ClN2OS. The van der Waals surface area contributed by atoms with Crippen LogP contribution in [0, 0.1) is 6.92 Å². The van der Waals surface area contributed by atoms with Crippen molar-refractivity contribution in [2.45, 2.75) is 55.6 Å². The molecule has 2 unspecified atom stereocenters. The highest BCUT2D eigenvalue weighted by Gasteiger charge is 2.33. The molecule has 0 aliphatic carbocycles. The lowest BCUT2D eigenvalue weighted by atomic mass is 10.00. The van der Waals surface area contributed by atoms with Gasteiger partial charge in [-0.3, -0.25) is 4.79 Å². The first-order valence-electron chi connectivity index (χ1n) is 7.44. The van der Waals surface area contributed by atoms with E-state index in [2.05, 4.69) is 29.7 Å². The third-order valence-electron chi connectivity index (χ3n) is 4.29. The molecule has 2 bridgehead atoms. The lowest BCUT2D eigenvalue weighted by molar-refractivity contribution is -0.119. The molecule has 0 aromatic heterocycles. The third-order valence-corrected chi connectivity index (χ3v) is 5.47. The number of amides is 1. The minimum absolute atomic E-state index is 0. The quantitative estimate of drug-likeness (QED) is 0.836. The van der Waals surface area contributed by atoms with Crippen LogP contribution in [0.2, 0.25) is 0 Å². The number of aryl methyl sites for hydroxylation is 1. The third kappa shape index (κ3) is 4.38. The van der Waals surface area contributed by atoms with Gasteiger partial charge in [-0.25, -0.2) is 0 Å². The van der Waals surface area contributed by atoms with E-state index >= 15 is 0 Å². The summed E-state index contributed by atoms with van der Waals surface area (Å²) in [7, 11) is 0. The number of halogens is 1. The summed E-state index contributed by atoms with van der Waals surface area (Å²) in [5.74, 6) is 0.689. The SMILES string of the molecule is Cc1ccccc1SCC(=O)NC1CC2CCC(C1)N2.Cl. The fourth-order valence-corrected chi connectivity index (χ4v) is 4.15. The number of hydrogen-bond acceptors (Lipinski definition) is 3. The summed E-state index contributed by atoms with van der Waals surface area (Å²) in [4.78, 5) is 13.3. The molecule has 2 N–H and O–H groups in total. The predicted molar refractivity (Wildman–Crippen MR) is 90.3 cm³/mol. The minimum atomic E-state index is 0. The fraction of sp³-hybridized carbons (Fsp3) is 0.562. The van der Waals surface area contributed by atoms with Gasteiger partial charge in [-0.1, -0.05) is 18.2 Å². The van der Waals surface area contributed by atoms with Gasteiger partial charge in [0, 0.05) is 23.0 Å². The number of hydrogen-bond donors (Lipinski definition) is 2. The van der Waals surface area contributed by atoms with Crippen LogP contribution in [-0.2, 0) is 4.79 Å². The molecule has 2 aliphatic heterocycles. The van der Waals surface area contributed by atoms with Crippen LogP contribution in [0.4, 0.5) is 0 Å². The zero-order valence-corrected chi connectivity index (χ0v) is 13.9. The van der Waals surface area contributed by atoms with Gasteiger partial charge in [-0.15, -0.1) is 24.2 Å². The van der Waals surface area contributed by atoms with Crippen molar-refractivity contribution in [1.29, 1.82) is 0 Å². The Morgan fingerprint density at radius 2 is 1.95 bits per heavy atom. The van der Waals surface area contributed by atoms with Crippen LogP contribution in [0.25, 0.3) is 0 Å². The van der Waals surface area contributed by atoms with E-state index in [4.69, 9.17) is 0 Å². The first kappa shape index (κ1) is 16.7. The molecule has 1 aromatic carbocycles. The zero-order chi connectivity index (χ0) is 13.9. The lowest BCUT2D eigenvalue weighted by Crippen LogP contribution is -2.48. The van der Waals surface area contributed by atoms with Gasteiger partial charge < -0.3 is 10.6 Å². The number of benzene rings is 1. The molecule has 5 heteroatoms. The maximum Gasteiger partial charge on any atom is 0.230 e. The Morgan fingerprint density at radius 3 is 2.62 bits per heavy atom. The second kappa shape index (κ2) is 7.52. The van der Waals surface area contributed by atoms with Crippen molar-refractivity contribution in [3.63, 3.8) is 0 Å². The van der Waals surface area contributed by atoms with Crippen molar-refractivity contribution < 1.29 is 4.79 Å². The topological polar surface area (TPSA) is 41.1 Å². The highest BCUT2D eigenvalue weighted by Crippen LogP contribution is 2.27. The van der Waals surface area contributed by atoms with E-state index in [1.54, 1.807) is 11.8 Å². The molecule has 2 saturated heterocycles. The van der Waals surface area contributed by atoms with Gasteiger partial charge in [0.05, 0.1) is 5.75 Å². The molecule has 21 heavy (non-hydrogen) atoms. The number of piperidine rings is 1. The molecule has 2 fully saturated rings. The fourth-order valence-electron chi connectivity index (χ4n) is 3.31. The van der Waals surface area contributed by atoms with E-state index in [0.29, 0.717) is 23.9 Å². The highest BCUT2D eigenvalue weighted by molar-refractivity contribution is 8.00. The predicted octanol–water partition coefficient (Wildman–Crippen LogP) is 2.91. The summed E-state index contributed by atoms with van der Waals surface area (Å²) in [5, 5.41) is 6.81. The second-order valence-electron chi connectivity index (χ2n) is 5.93. The monoisotopic (exact) mass is 326 g/mol. The van der Waals surface area contributed by atoms with Gasteiger partial charge in [-0.05, 0) is 44.2 Å². The first-order chi connectivity index (χ1) is 9.70. The normalized spacial score (nSPS) is 27.0. The van der Waals surface area contributed by atoms with Crippen LogP contribution in [0.5, 0.6) is 0 Å². The van der Waals surface area contributed by atoms with Crippen LogP contribution >= 0.6 is 24.2 Å². The van der Waals surface area contributed by atoms with Crippen molar-refractivity contribution in [3.05, 3.63) is 29.8 Å². The maximum atomic E-state index is 12.1. The number of nitrogens with one attached hydrogen (secondary N) is 2. The number of fused-ring (bicyclic) bond motifs is 2. The Labute approximate surface area is 137 Å². The van der Waals surface area contributed by atoms with Crippen LogP contribution in [0.1, 0.15) is 31.2 Å². The van der Waals surface area contributed by atoms with Gasteiger partial charge in [0.15, 0.2) is 0 Å². The standard InChI is InChI=1S/C16H22N2OS.ClH/c1-11-4-2-3-5-15(11)20-10-16(19)18-14-8-12-6-7-13(9-14)17-12;/h2-5,12-14,17H,6-10H2,1H3,(H,18,19);1H. The Kier molecular flexibility index (Phi) is 5.97. The Hall–Kier alpha value is -0.710. The van der Waals surface area contributed by atoms with Gasteiger partial charge in [0.1, 0.15) is 0 Å². The maximum absolute atomic E-state index is 12.1. The van der Waals surface area contributed by atoms with E-state index in [1.807, 2.05) is 12.1 Å². The lowest BCUT2D eigenvalue weighted by Gasteiger charge is -2.29. The van der Waals surface area contributed by atoms with Crippen molar-refractivity contribution in [2.24, 2.45) is 0 Å². The zero-order valence-electron chi connectivity index (χ0n) is 12.3. The molecule has 1 aromatic rings. The van der Waals surface area contributed by atoms with Gasteiger partial charge in [0.2, 0.25) is 5.91 Å². The molecule has 1 amide bonds. The highest BCUT2D eigenvalue weighted by atomic mass is 35.5. The molecule has 0 radical (unpaired) electrons. The Morgan fingerprint density at radius 1 is 1.29 bits per heavy atom. The minimum Gasteiger partial charge on any atom is -0.353 e. The summed E-state index contributed by atoms with van der Waals surface area (Å²) in [6.45, 7) is 2.09. The average Bonchev–Trinajstić information content (AvgIpc) is 2.77. The van der Waals surface area contributed by atoms with Crippen molar-refractivity contribution in [3.8, 4) is 0 Å². The molecule has 3 rings (SSSR count). The molecule has 2 heterocycles. The number of carbonyl (C=O) groups excluding carboxylic acids is 1. The number of rotatable bonds is 4. The van der Waals surface area contributed by atoms with E-state index in [-0.39, 0.29) is 18.3 Å². The van der Waals surface area contributed by atoms with E-state index in [1.165, 1.54) is 23.3 Å². The smallest absolute Gasteiger partial charge is 0.230 e. The summed E-state index contributed by atoms with van der Waals surface area (Å²) < 4.78 is 0. The second-order valence-corrected chi connectivity index (χ2v) is 6.95. The number of carbonyl (C=O) groups is 1. The molecule has 0 spiro atoms. The Balaban J connectivity index is 0.00000161. The number of thioether (sulfide) groups is 1. The molecule has 0 saturated carbocycles. The van der Waals surface area contributed by atoms with Gasteiger partial charge in [0.25, 0.3) is 0 Å². The van der Waals surface area contributed by atoms with Crippen molar-refractivity contribution >= 4 is 30.1 Å².